The molecule has 0 saturated carbocycles. The highest BCUT2D eigenvalue weighted by molar-refractivity contribution is 7.47. The highest BCUT2D eigenvalue weighted by Crippen LogP contribution is 2.43. The fraction of sp³-hybridized carbons (Fsp3) is 0.962. The molecule has 3 N–H and O–H groups in total. The van der Waals surface area contributed by atoms with Crippen molar-refractivity contribution in [1.82, 2.24) is 0 Å². The van der Waals surface area contributed by atoms with E-state index in [1.807, 2.05) is 0 Å². The van der Waals surface area contributed by atoms with Crippen LogP contribution < -0.4 is 5.73 Å². The summed E-state index contributed by atoms with van der Waals surface area (Å²) in [6.45, 7) is 3.81. The zero-order chi connectivity index (χ0) is 46.0. The van der Waals surface area contributed by atoms with Gasteiger partial charge in [0.15, 0.2) is 6.10 Å². The number of carbonyl (C=O) groups is 2. The van der Waals surface area contributed by atoms with Crippen molar-refractivity contribution in [2.75, 3.05) is 26.4 Å². The first kappa shape index (κ1) is 62.0. The molecular weight excluding hydrogens is 810 g/mol. The van der Waals surface area contributed by atoms with Gasteiger partial charge in [0.1, 0.15) is 6.61 Å². The molecule has 2 atom stereocenters. The molecule has 0 rings (SSSR count). The Bertz CT molecular complexity index is 1000. The van der Waals surface area contributed by atoms with Crippen LogP contribution in [-0.2, 0) is 32.7 Å². The topological polar surface area (TPSA) is 134 Å². The van der Waals surface area contributed by atoms with Gasteiger partial charge in [0.05, 0.1) is 13.2 Å². The smallest absolute Gasteiger partial charge is 0.462 e. The van der Waals surface area contributed by atoms with Crippen LogP contribution in [0.4, 0.5) is 0 Å². The number of carbonyl (C=O) groups excluding carboxylic acids is 2. The number of hydrogen-bond acceptors (Lipinski definition) is 8. The lowest BCUT2D eigenvalue weighted by atomic mass is 10.0. The Kier molecular flexibility index (Phi) is 49.6. The number of rotatable bonds is 53. The highest BCUT2D eigenvalue weighted by Gasteiger charge is 2.26. The molecule has 0 aliphatic heterocycles. The summed E-state index contributed by atoms with van der Waals surface area (Å²) in [6.07, 6.45) is 54.4. The summed E-state index contributed by atoms with van der Waals surface area (Å²) < 4.78 is 33.0. The molecule has 0 aromatic carbocycles. The van der Waals surface area contributed by atoms with Crippen molar-refractivity contribution in [3.63, 3.8) is 0 Å². The van der Waals surface area contributed by atoms with Crippen LogP contribution in [0.2, 0.25) is 0 Å². The molecule has 0 heterocycles. The van der Waals surface area contributed by atoms with Gasteiger partial charge in [-0.25, -0.2) is 4.57 Å². The Labute approximate surface area is 390 Å². The second-order valence-electron chi connectivity index (χ2n) is 18.8. The minimum Gasteiger partial charge on any atom is -0.462 e. The summed E-state index contributed by atoms with van der Waals surface area (Å²) in [6, 6.07) is 0. The van der Waals surface area contributed by atoms with Gasteiger partial charge in [0, 0.05) is 19.4 Å². The van der Waals surface area contributed by atoms with Gasteiger partial charge >= 0.3 is 19.8 Å². The molecule has 0 aromatic heterocycles. The Balaban J connectivity index is 3.91. The lowest BCUT2D eigenvalue weighted by Gasteiger charge is -2.19. The van der Waals surface area contributed by atoms with Gasteiger partial charge in [-0.3, -0.25) is 18.6 Å². The summed E-state index contributed by atoms with van der Waals surface area (Å²) in [7, 11) is -4.38. The predicted octanol–water partition coefficient (Wildman–Crippen LogP) is 16.7. The van der Waals surface area contributed by atoms with E-state index in [4.69, 9.17) is 24.3 Å². The third-order valence-corrected chi connectivity index (χ3v) is 13.5. The van der Waals surface area contributed by atoms with Crippen LogP contribution in [0.15, 0.2) is 0 Å². The Morgan fingerprint density at radius 2 is 0.683 bits per heavy atom. The van der Waals surface area contributed by atoms with Crippen LogP contribution in [0, 0.1) is 0 Å². The van der Waals surface area contributed by atoms with E-state index in [0.29, 0.717) is 6.42 Å². The van der Waals surface area contributed by atoms with Crippen LogP contribution >= 0.6 is 7.82 Å². The number of hydrogen-bond donors (Lipinski definition) is 2. The molecule has 10 heteroatoms. The van der Waals surface area contributed by atoms with E-state index >= 15 is 0 Å². The lowest BCUT2D eigenvalue weighted by molar-refractivity contribution is -0.161. The third-order valence-electron chi connectivity index (χ3n) is 12.5. The number of phosphoric acid groups is 1. The minimum atomic E-state index is -4.38. The molecule has 0 aromatic rings. The van der Waals surface area contributed by atoms with Crippen molar-refractivity contribution in [3.05, 3.63) is 0 Å². The average molecular weight is 916 g/mol. The van der Waals surface area contributed by atoms with E-state index in [0.717, 1.165) is 32.1 Å². The van der Waals surface area contributed by atoms with E-state index in [2.05, 4.69) is 13.8 Å². The first-order valence-electron chi connectivity index (χ1n) is 27.5. The maximum absolute atomic E-state index is 12.7. The number of nitrogens with two attached hydrogens (primary N) is 1. The van der Waals surface area contributed by atoms with Crippen molar-refractivity contribution in [3.8, 4) is 0 Å². The molecule has 376 valence electrons. The van der Waals surface area contributed by atoms with Gasteiger partial charge in [-0.2, -0.15) is 0 Å². The van der Waals surface area contributed by atoms with Crippen LogP contribution in [0.25, 0.3) is 0 Å². The van der Waals surface area contributed by atoms with Crippen molar-refractivity contribution >= 4 is 19.8 Å². The van der Waals surface area contributed by atoms with Crippen molar-refractivity contribution in [2.45, 2.75) is 302 Å². The maximum atomic E-state index is 12.7. The van der Waals surface area contributed by atoms with Crippen molar-refractivity contribution in [2.24, 2.45) is 5.73 Å². The van der Waals surface area contributed by atoms with E-state index < -0.39 is 26.5 Å². The minimum absolute atomic E-state index is 0.0585. The second-order valence-corrected chi connectivity index (χ2v) is 20.3. The molecule has 0 amide bonds. The van der Waals surface area contributed by atoms with Crippen LogP contribution in [-0.4, -0.2) is 49.3 Å². The zero-order valence-electron chi connectivity index (χ0n) is 41.8. The van der Waals surface area contributed by atoms with Crippen molar-refractivity contribution < 1.29 is 37.6 Å². The Morgan fingerprint density at radius 3 is 0.968 bits per heavy atom. The summed E-state index contributed by atoms with van der Waals surface area (Å²) in [4.78, 5) is 35.1. The van der Waals surface area contributed by atoms with Gasteiger partial charge in [-0.1, -0.05) is 271 Å². The number of phosphoric ester groups is 1. The molecular formula is C53H106NO8P. The molecule has 0 bridgehead atoms. The van der Waals surface area contributed by atoms with Gasteiger partial charge in [0.25, 0.3) is 0 Å². The SMILES string of the molecule is CCCCCCCCCCCCCCCCCCCCCCCCCCCCC(=O)OC(COC(=O)CCCCCCCCCCCCCCCCCC)COP(=O)(O)OCCN. The zero-order valence-corrected chi connectivity index (χ0v) is 42.7. The average Bonchev–Trinajstić information content (AvgIpc) is 3.27. The van der Waals surface area contributed by atoms with Crippen LogP contribution in [0.3, 0.4) is 0 Å². The molecule has 9 nitrogen and oxygen atoms in total. The van der Waals surface area contributed by atoms with Crippen molar-refractivity contribution in [1.29, 1.82) is 0 Å². The molecule has 0 radical (unpaired) electrons. The summed E-state index contributed by atoms with van der Waals surface area (Å²) in [5.74, 6) is -0.805. The summed E-state index contributed by atoms with van der Waals surface area (Å²) >= 11 is 0. The summed E-state index contributed by atoms with van der Waals surface area (Å²) in [5, 5.41) is 0. The van der Waals surface area contributed by atoms with E-state index in [1.165, 1.54) is 231 Å². The predicted molar refractivity (Wildman–Crippen MR) is 266 cm³/mol. The third kappa shape index (κ3) is 50.3. The molecule has 0 aliphatic rings. The fourth-order valence-electron chi connectivity index (χ4n) is 8.40. The maximum Gasteiger partial charge on any atom is 0.472 e. The fourth-order valence-corrected chi connectivity index (χ4v) is 9.17. The van der Waals surface area contributed by atoms with E-state index in [-0.39, 0.29) is 38.6 Å². The summed E-state index contributed by atoms with van der Waals surface area (Å²) in [5.41, 5.74) is 5.37. The molecule has 0 saturated heterocycles. The van der Waals surface area contributed by atoms with Gasteiger partial charge < -0.3 is 20.1 Å². The Hall–Kier alpha value is -0.990. The Morgan fingerprint density at radius 1 is 0.413 bits per heavy atom. The largest absolute Gasteiger partial charge is 0.472 e. The van der Waals surface area contributed by atoms with Gasteiger partial charge in [-0.15, -0.1) is 0 Å². The quantitative estimate of drug-likeness (QED) is 0.0347. The molecule has 0 fully saturated rings. The van der Waals surface area contributed by atoms with Gasteiger partial charge in [0.2, 0.25) is 0 Å². The molecule has 2 unspecified atom stereocenters. The first-order valence-corrected chi connectivity index (χ1v) is 29.0. The lowest BCUT2D eigenvalue weighted by Crippen LogP contribution is -2.29. The van der Waals surface area contributed by atoms with Crippen LogP contribution in [0.5, 0.6) is 0 Å². The number of ether oxygens (including phenoxy) is 2. The highest BCUT2D eigenvalue weighted by atomic mass is 31.2. The molecule has 63 heavy (non-hydrogen) atoms. The monoisotopic (exact) mass is 916 g/mol. The second kappa shape index (κ2) is 50.4. The standard InChI is InChI=1S/C53H106NO8P/c1-3-5-7-9-11-13-15-17-19-21-22-23-24-25-26-27-28-29-30-32-34-36-38-40-42-44-46-53(56)62-51(50-61-63(57,58)60-48-47-54)49-59-52(55)45-43-41-39-37-35-33-31-20-18-16-14-12-10-8-6-4-2/h51H,3-50,54H2,1-2H3,(H,57,58). The first-order chi connectivity index (χ1) is 30.8. The van der Waals surface area contributed by atoms with Crippen LogP contribution in [0.1, 0.15) is 296 Å². The number of esters is 2. The molecule has 0 aliphatic carbocycles. The van der Waals surface area contributed by atoms with Gasteiger partial charge in [-0.05, 0) is 12.8 Å². The number of unbranched alkanes of at least 4 members (excludes halogenated alkanes) is 40. The van der Waals surface area contributed by atoms with E-state index in [1.54, 1.807) is 0 Å². The normalized spacial score (nSPS) is 13.0. The molecule has 0 spiro atoms. The van der Waals surface area contributed by atoms with E-state index in [9.17, 15) is 19.0 Å².